The zero-order chi connectivity index (χ0) is 12.9. The van der Waals surface area contributed by atoms with E-state index in [1.54, 1.807) is 6.20 Å². The summed E-state index contributed by atoms with van der Waals surface area (Å²) >= 11 is 0. The third kappa shape index (κ3) is 4.53. The monoisotopic (exact) mass is 236 g/mol. The Bertz CT molecular complexity index is 389. The molecule has 1 heterocycles. The van der Waals surface area contributed by atoms with Crippen LogP contribution in [-0.4, -0.2) is 28.1 Å². The van der Waals surface area contributed by atoms with E-state index in [9.17, 15) is 4.79 Å². The van der Waals surface area contributed by atoms with Gasteiger partial charge in [0.05, 0.1) is 12.1 Å². The summed E-state index contributed by atoms with van der Waals surface area (Å²) in [6.07, 6.45) is 2.51. The molecule has 0 saturated carbocycles. The van der Waals surface area contributed by atoms with Crippen molar-refractivity contribution in [1.29, 1.82) is 0 Å². The molecule has 0 spiro atoms. The molecule has 0 unspecified atom stereocenters. The summed E-state index contributed by atoms with van der Waals surface area (Å²) < 4.78 is 0. The zero-order valence-corrected chi connectivity index (χ0v) is 10.7. The number of aromatic nitrogens is 1. The standard InChI is InChI=1S/C13H20N2O2/c1-10-5-4-7-14-11(10)9-12(17)15-13(2,3)6-8-16/h4-5,7,16H,6,8-9H2,1-3H3,(H,15,17). The number of nitrogens with one attached hydrogen (secondary N) is 1. The number of carbonyl (C=O) groups excluding carboxylic acids is 1. The molecule has 0 aliphatic carbocycles. The number of aliphatic hydroxyl groups excluding tert-OH is 1. The minimum atomic E-state index is -0.380. The Morgan fingerprint density at radius 1 is 1.53 bits per heavy atom. The molecular weight excluding hydrogens is 216 g/mol. The highest BCUT2D eigenvalue weighted by atomic mass is 16.3. The number of nitrogens with zero attached hydrogens (tertiary/aromatic N) is 1. The van der Waals surface area contributed by atoms with E-state index in [1.165, 1.54) is 0 Å². The van der Waals surface area contributed by atoms with Gasteiger partial charge in [0.2, 0.25) is 5.91 Å². The molecule has 17 heavy (non-hydrogen) atoms. The van der Waals surface area contributed by atoms with Gasteiger partial charge in [-0.2, -0.15) is 0 Å². The lowest BCUT2D eigenvalue weighted by molar-refractivity contribution is -0.122. The van der Waals surface area contributed by atoms with Crippen molar-refractivity contribution in [2.24, 2.45) is 0 Å². The van der Waals surface area contributed by atoms with E-state index < -0.39 is 0 Å². The number of aryl methyl sites for hydroxylation is 1. The SMILES string of the molecule is Cc1cccnc1CC(=O)NC(C)(C)CCO. The van der Waals surface area contributed by atoms with Crippen LogP contribution in [0, 0.1) is 6.92 Å². The lowest BCUT2D eigenvalue weighted by Crippen LogP contribution is -2.44. The molecule has 94 valence electrons. The van der Waals surface area contributed by atoms with Crippen LogP contribution in [0.1, 0.15) is 31.5 Å². The highest BCUT2D eigenvalue weighted by molar-refractivity contribution is 5.79. The summed E-state index contributed by atoms with van der Waals surface area (Å²) in [7, 11) is 0. The summed E-state index contributed by atoms with van der Waals surface area (Å²) in [4.78, 5) is 16.0. The molecule has 0 fully saturated rings. The zero-order valence-electron chi connectivity index (χ0n) is 10.7. The van der Waals surface area contributed by atoms with Crippen molar-refractivity contribution in [2.45, 2.75) is 39.2 Å². The molecule has 4 heteroatoms. The van der Waals surface area contributed by atoms with E-state index in [0.29, 0.717) is 6.42 Å². The molecule has 4 nitrogen and oxygen atoms in total. The number of hydrogen-bond donors (Lipinski definition) is 2. The van der Waals surface area contributed by atoms with Crippen LogP contribution >= 0.6 is 0 Å². The number of amides is 1. The van der Waals surface area contributed by atoms with Gasteiger partial charge in [0.1, 0.15) is 0 Å². The smallest absolute Gasteiger partial charge is 0.226 e. The highest BCUT2D eigenvalue weighted by Crippen LogP contribution is 2.09. The molecular formula is C13H20N2O2. The van der Waals surface area contributed by atoms with Gasteiger partial charge in [-0.1, -0.05) is 6.07 Å². The maximum absolute atomic E-state index is 11.8. The normalized spacial score (nSPS) is 11.3. The fourth-order valence-corrected chi connectivity index (χ4v) is 1.62. The Kier molecular flexibility index (Phi) is 4.63. The maximum Gasteiger partial charge on any atom is 0.226 e. The maximum atomic E-state index is 11.8. The Labute approximate surface area is 102 Å². The number of aliphatic hydroxyl groups is 1. The van der Waals surface area contributed by atoms with Gasteiger partial charge in [-0.05, 0) is 38.8 Å². The van der Waals surface area contributed by atoms with Crippen molar-refractivity contribution in [3.63, 3.8) is 0 Å². The second kappa shape index (κ2) is 5.77. The van der Waals surface area contributed by atoms with Gasteiger partial charge in [-0.3, -0.25) is 9.78 Å². The van der Waals surface area contributed by atoms with Gasteiger partial charge in [-0.15, -0.1) is 0 Å². The van der Waals surface area contributed by atoms with Crippen LogP contribution in [0.2, 0.25) is 0 Å². The van der Waals surface area contributed by atoms with Crippen LogP contribution in [0.25, 0.3) is 0 Å². The van der Waals surface area contributed by atoms with Crippen LogP contribution in [0.4, 0.5) is 0 Å². The number of rotatable bonds is 5. The molecule has 0 aliphatic rings. The van der Waals surface area contributed by atoms with Gasteiger partial charge in [0.15, 0.2) is 0 Å². The van der Waals surface area contributed by atoms with Crippen molar-refractivity contribution in [3.05, 3.63) is 29.6 Å². The topological polar surface area (TPSA) is 62.2 Å². The second-order valence-electron chi connectivity index (χ2n) is 4.85. The fourth-order valence-electron chi connectivity index (χ4n) is 1.62. The summed E-state index contributed by atoms with van der Waals surface area (Å²) in [5, 5.41) is 11.8. The first-order valence-electron chi connectivity index (χ1n) is 5.77. The highest BCUT2D eigenvalue weighted by Gasteiger charge is 2.20. The molecule has 1 amide bonds. The summed E-state index contributed by atoms with van der Waals surface area (Å²) in [6, 6.07) is 3.79. The van der Waals surface area contributed by atoms with Gasteiger partial charge in [0.25, 0.3) is 0 Å². The molecule has 0 radical (unpaired) electrons. The number of pyridine rings is 1. The van der Waals surface area contributed by atoms with E-state index in [2.05, 4.69) is 10.3 Å². The largest absolute Gasteiger partial charge is 0.396 e. The van der Waals surface area contributed by atoms with Gasteiger partial charge in [0, 0.05) is 18.3 Å². The first-order valence-corrected chi connectivity index (χ1v) is 5.77. The lowest BCUT2D eigenvalue weighted by Gasteiger charge is -2.25. The van der Waals surface area contributed by atoms with E-state index in [1.807, 2.05) is 32.9 Å². The van der Waals surface area contributed by atoms with Crippen molar-refractivity contribution in [1.82, 2.24) is 10.3 Å². The average Bonchev–Trinajstić information content (AvgIpc) is 2.20. The number of carbonyl (C=O) groups is 1. The Hall–Kier alpha value is -1.42. The van der Waals surface area contributed by atoms with Crippen LogP contribution in [0.5, 0.6) is 0 Å². The van der Waals surface area contributed by atoms with Crippen molar-refractivity contribution >= 4 is 5.91 Å². The van der Waals surface area contributed by atoms with E-state index >= 15 is 0 Å². The van der Waals surface area contributed by atoms with Crippen LogP contribution in [-0.2, 0) is 11.2 Å². The van der Waals surface area contributed by atoms with E-state index in [4.69, 9.17) is 5.11 Å². The molecule has 0 atom stereocenters. The minimum absolute atomic E-state index is 0.0646. The quantitative estimate of drug-likeness (QED) is 0.807. The molecule has 1 aromatic rings. The van der Waals surface area contributed by atoms with Gasteiger partial charge >= 0.3 is 0 Å². The molecule has 0 aliphatic heterocycles. The Morgan fingerprint density at radius 3 is 2.82 bits per heavy atom. The Morgan fingerprint density at radius 2 is 2.24 bits per heavy atom. The molecule has 0 bridgehead atoms. The third-order valence-electron chi connectivity index (χ3n) is 2.66. The third-order valence-corrected chi connectivity index (χ3v) is 2.66. The van der Waals surface area contributed by atoms with E-state index in [-0.39, 0.29) is 24.5 Å². The van der Waals surface area contributed by atoms with Gasteiger partial charge in [-0.25, -0.2) is 0 Å². The molecule has 1 rings (SSSR count). The molecule has 0 saturated heterocycles. The van der Waals surface area contributed by atoms with Crippen molar-refractivity contribution in [2.75, 3.05) is 6.61 Å². The predicted molar refractivity (Wildman–Crippen MR) is 66.6 cm³/mol. The molecule has 2 N–H and O–H groups in total. The predicted octanol–water partition coefficient (Wildman–Crippen LogP) is 1.21. The lowest BCUT2D eigenvalue weighted by atomic mass is 10.0. The Balaban J connectivity index is 2.59. The first-order chi connectivity index (χ1) is 7.94. The fraction of sp³-hybridized carbons (Fsp3) is 0.538. The second-order valence-corrected chi connectivity index (χ2v) is 4.85. The van der Waals surface area contributed by atoms with Crippen LogP contribution < -0.4 is 5.32 Å². The van der Waals surface area contributed by atoms with E-state index in [0.717, 1.165) is 11.3 Å². The minimum Gasteiger partial charge on any atom is -0.396 e. The first kappa shape index (κ1) is 13.6. The van der Waals surface area contributed by atoms with Crippen LogP contribution in [0.3, 0.4) is 0 Å². The molecule has 0 aromatic carbocycles. The van der Waals surface area contributed by atoms with Crippen LogP contribution in [0.15, 0.2) is 18.3 Å². The van der Waals surface area contributed by atoms with Crippen molar-refractivity contribution < 1.29 is 9.90 Å². The summed E-state index contributed by atoms with van der Waals surface area (Å²) in [5.74, 6) is -0.0646. The summed E-state index contributed by atoms with van der Waals surface area (Å²) in [5.41, 5.74) is 1.43. The number of hydrogen-bond acceptors (Lipinski definition) is 3. The average molecular weight is 236 g/mol. The van der Waals surface area contributed by atoms with Gasteiger partial charge < -0.3 is 10.4 Å². The van der Waals surface area contributed by atoms with Crippen molar-refractivity contribution in [3.8, 4) is 0 Å². The molecule has 1 aromatic heterocycles. The summed E-state index contributed by atoms with van der Waals surface area (Å²) in [6.45, 7) is 5.79.